The first-order valence-electron chi connectivity index (χ1n) is 19.5. The fourth-order valence-electron chi connectivity index (χ4n) is 8.65. The molecule has 0 amide bonds. The van der Waals surface area contributed by atoms with Crippen molar-refractivity contribution in [3.05, 3.63) is 194 Å². The first-order chi connectivity index (χ1) is 28.7. The fourth-order valence-corrected chi connectivity index (χ4v) is 8.65. The maximum atomic E-state index is 7.00. The van der Waals surface area contributed by atoms with Gasteiger partial charge < -0.3 is 8.98 Å². The summed E-state index contributed by atoms with van der Waals surface area (Å²) in [6, 6.07) is 68.2. The molecule has 0 saturated carbocycles. The lowest BCUT2D eigenvalue weighted by molar-refractivity contribution is 0.670. The lowest BCUT2D eigenvalue weighted by Gasteiger charge is -2.13. The smallest absolute Gasteiger partial charge is 0.164 e. The third kappa shape index (κ3) is 5.14. The molecule has 0 aliphatic rings. The monoisotopic (exact) mass is 740 g/mol. The summed E-state index contributed by atoms with van der Waals surface area (Å²) in [5.41, 5.74) is 9.82. The zero-order valence-electron chi connectivity index (χ0n) is 31.2. The molecule has 0 bridgehead atoms. The van der Waals surface area contributed by atoms with Crippen molar-refractivity contribution < 1.29 is 4.42 Å². The molecule has 0 radical (unpaired) electrons. The van der Waals surface area contributed by atoms with Gasteiger partial charge in [0.15, 0.2) is 17.5 Å². The molecule has 0 unspecified atom stereocenters. The number of rotatable bonds is 5. The molecule has 3 aromatic heterocycles. The Balaban J connectivity index is 1.11. The summed E-state index contributed by atoms with van der Waals surface area (Å²) < 4.78 is 9.38. The number of benzene rings is 9. The van der Waals surface area contributed by atoms with Crippen molar-refractivity contribution in [1.29, 1.82) is 0 Å². The quantitative estimate of drug-likeness (QED) is 0.165. The van der Waals surface area contributed by atoms with Crippen LogP contribution >= 0.6 is 0 Å². The minimum Gasteiger partial charge on any atom is -0.455 e. The zero-order valence-corrected chi connectivity index (χ0v) is 31.2. The number of hydrogen-bond acceptors (Lipinski definition) is 4. The minimum atomic E-state index is 0.586. The number of fused-ring (bicyclic) bond motifs is 9. The van der Waals surface area contributed by atoms with Crippen LogP contribution in [0, 0.1) is 0 Å². The normalized spacial score (nSPS) is 11.8. The van der Waals surface area contributed by atoms with E-state index in [1.54, 1.807) is 0 Å². The van der Waals surface area contributed by atoms with Crippen LogP contribution in [0.25, 0.3) is 116 Å². The molecule has 5 nitrogen and oxygen atoms in total. The third-order valence-electron chi connectivity index (χ3n) is 11.4. The molecule has 0 aliphatic heterocycles. The largest absolute Gasteiger partial charge is 0.455 e. The summed E-state index contributed by atoms with van der Waals surface area (Å²) >= 11 is 0. The van der Waals surface area contributed by atoms with Gasteiger partial charge in [-0.3, -0.25) is 0 Å². The molecule has 58 heavy (non-hydrogen) atoms. The van der Waals surface area contributed by atoms with Gasteiger partial charge in [-0.25, -0.2) is 15.0 Å². The number of aromatic nitrogens is 4. The Morgan fingerprint density at radius 2 is 0.879 bits per heavy atom. The first-order valence-corrected chi connectivity index (χ1v) is 19.5. The van der Waals surface area contributed by atoms with Gasteiger partial charge in [-0.1, -0.05) is 152 Å². The highest BCUT2D eigenvalue weighted by Gasteiger charge is 2.20. The van der Waals surface area contributed by atoms with Crippen molar-refractivity contribution in [3.63, 3.8) is 0 Å². The highest BCUT2D eigenvalue weighted by molar-refractivity contribution is 6.15. The van der Waals surface area contributed by atoms with Crippen molar-refractivity contribution in [1.82, 2.24) is 19.5 Å². The molecule has 0 atom stereocenters. The molecular weight excluding hydrogens is 709 g/mol. The Labute approximate surface area is 333 Å². The molecule has 270 valence electrons. The van der Waals surface area contributed by atoms with Crippen LogP contribution in [0.5, 0.6) is 0 Å². The summed E-state index contributed by atoms with van der Waals surface area (Å²) in [5.74, 6) is 1.83. The van der Waals surface area contributed by atoms with Gasteiger partial charge in [0.25, 0.3) is 0 Å². The highest BCUT2D eigenvalue weighted by Crippen LogP contribution is 2.42. The Morgan fingerprint density at radius 1 is 0.345 bits per heavy atom. The zero-order chi connectivity index (χ0) is 38.2. The van der Waals surface area contributed by atoms with Crippen LogP contribution in [0.15, 0.2) is 199 Å². The van der Waals surface area contributed by atoms with Crippen LogP contribution in [-0.4, -0.2) is 19.5 Å². The van der Waals surface area contributed by atoms with Crippen LogP contribution in [0.1, 0.15) is 0 Å². The minimum absolute atomic E-state index is 0.586. The molecule has 12 rings (SSSR count). The average molecular weight is 741 g/mol. The Bertz CT molecular complexity index is 3460. The molecule has 12 aromatic rings. The Morgan fingerprint density at radius 3 is 1.55 bits per heavy atom. The summed E-state index contributed by atoms with van der Waals surface area (Å²) in [4.78, 5) is 14.9. The summed E-state index contributed by atoms with van der Waals surface area (Å²) in [7, 11) is 0. The van der Waals surface area contributed by atoms with Crippen LogP contribution in [0.3, 0.4) is 0 Å². The standard InChI is InChI=1S/C53H32N4O/c1-3-14-35(15-4-1)51-54-52(36-16-5-2-6-17-36)56-53(55-51)38-27-28-43-46-32-39(57-47-21-11-9-19-41(47)42-20-10-12-22-48(42)57)31-45(50(46)58-49(43)30-38)37-26-25-34-24-23-33-13-7-8-18-40(33)44(34)29-37/h1-32H. The summed E-state index contributed by atoms with van der Waals surface area (Å²) in [6.07, 6.45) is 0. The van der Waals surface area contributed by atoms with Crippen LogP contribution < -0.4 is 0 Å². The second-order valence-corrected chi connectivity index (χ2v) is 14.8. The van der Waals surface area contributed by atoms with Gasteiger partial charge in [-0.05, 0) is 69.6 Å². The molecule has 0 aliphatic carbocycles. The SMILES string of the molecule is c1ccc(-c2nc(-c3ccccc3)nc(-c3ccc4c(c3)oc3c(-c5ccc6ccc7ccccc7c6c5)cc(-n5c6ccccc6c6ccccc65)cc34)n2)cc1. The van der Waals surface area contributed by atoms with Crippen molar-refractivity contribution in [2.45, 2.75) is 0 Å². The predicted octanol–water partition coefficient (Wildman–Crippen LogP) is 13.8. The predicted molar refractivity (Wildman–Crippen MR) is 238 cm³/mol. The van der Waals surface area contributed by atoms with E-state index in [9.17, 15) is 0 Å². The summed E-state index contributed by atoms with van der Waals surface area (Å²) in [5, 5.41) is 9.37. The van der Waals surface area contributed by atoms with Crippen LogP contribution in [0.2, 0.25) is 0 Å². The van der Waals surface area contributed by atoms with Crippen LogP contribution in [-0.2, 0) is 0 Å². The Hall–Kier alpha value is -7.89. The van der Waals surface area contributed by atoms with Crippen molar-refractivity contribution in [2.24, 2.45) is 0 Å². The third-order valence-corrected chi connectivity index (χ3v) is 11.4. The first kappa shape index (κ1) is 32.4. The molecule has 0 N–H and O–H groups in total. The second kappa shape index (κ2) is 12.8. The number of furan rings is 1. The van der Waals surface area contributed by atoms with Crippen molar-refractivity contribution >= 4 is 65.3 Å². The van der Waals surface area contributed by atoms with Gasteiger partial charge in [0.1, 0.15) is 11.2 Å². The lowest BCUT2D eigenvalue weighted by Crippen LogP contribution is -2.00. The van der Waals surface area contributed by atoms with Gasteiger partial charge in [-0.15, -0.1) is 0 Å². The molecule has 0 spiro atoms. The molecule has 0 fully saturated rings. The maximum absolute atomic E-state index is 7.00. The fraction of sp³-hybridized carbons (Fsp3) is 0. The molecular formula is C53H32N4O. The number of para-hydroxylation sites is 2. The highest BCUT2D eigenvalue weighted by atomic mass is 16.3. The van der Waals surface area contributed by atoms with Crippen molar-refractivity contribution in [3.8, 4) is 51.0 Å². The molecule has 5 heteroatoms. The van der Waals surface area contributed by atoms with E-state index in [4.69, 9.17) is 19.4 Å². The van der Waals surface area contributed by atoms with E-state index in [-0.39, 0.29) is 0 Å². The molecule has 9 aromatic carbocycles. The average Bonchev–Trinajstić information content (AvgIpc) is 3.84. The topological polar surface area (TPSA) is 56.7 Å². The second-order valence-electron chi connectivity index (χ2n) is 14.8. The van der Waals surface area contributed by atoms with E-state index in [0.29, 0.717) is 17.5 Å². The van der Waals surface area contributed by atoms with E-state index < -0.39 is 0 Å². The number of hydrogen-bond donors (Lipinski definition) is 0. The van der Waals surface area contributed by atoms with Gasteiger partial charge in [0.2, 0.25) is 0 Å². The van der Waals surface area contributed by atoms with Gasteiger partial charge in [0, 0.05) is 49.5 Å². The van der Waals surface area contributed by atoms with E-state index in [2.05, 4.69) is 138 Å². The Kier molecular flexibility index (Phi) is 7.16. The van der Waals surface area contributed by atoms with Gasteiger partial charge >= 0.3 is 0 Å². The van der Waals surface area contributed by atoms with E-state index in [0.717, 1.165) is 66.5 Å². The molecule has 0 saturated heterocycles. The van der Waals surface area contributed by atoms with Gasteiger partial charge in [0.05, 0.1) is 11.0 Å². The van der Waals surface area contributed by atoms with Gasteiger partial charge in [-0.2, -0.15) is 0 Å². The maximum Gasteiger partial charge on any atom is 0.164 e. The molecule has 3 heterocycles. The van der Waals surface area contributed by atoms with E-state index in [1.807, 2.05) is 60.7 Å². The van der Waals surface area contributed by atoms with Crippen molar-refractivity contribution in [2.75, 3.05) is 0 Å². The lowest BCUT2D eigenvalue weighted by atomic mass is 9.95. The van der Waals surface area contributed by atoms with E-state index in [1.165, 1.54) is 32.3 Å². The summed E-state index contributed by atoms with van der Waals surface area (Å²) in [6.45, 7) is 0. The number of nitrogens with zero attached hydrogens (tertiary/aromatic N) is 4. The van der Waals surface area contributed by atoms with E-state index >= 15 is 0 Å². The van der Waals surface area contributed by atoms with Crippen LogP contribution in [0.4, 0.5) is 0 Å².